The largest absolute Gasteiger partial charge is 0.374 e. The maximum absolute atomic E-state index is 12.2. The molecule has 2 N–H and O–H groups in total. The molecule has 2 aliphatic heterocycles. The van der Waals surface area contributed by atoms with Gasteiger partial charge >= 0.3 is 0 Å². The number of fused-ring (bicyclic) bond motifs is 1. The summed E-state index contributed by atoms with van der Waals surface area (Å²) in [5.41, 5.74) is 4.62. The Bertz CT molecular complexity index is 1280. The summed E-state index contributed by atoms with van der Waals surface area (Å²) in [6.07, 6.45) is 0.584. The molecule has 3 aromatic carbocycles. The normalized spacial score (nSPS) is 21.0. The van der Waals surface area contributed by atoms with Crippen molar-refractivity contribution in [3.8, 4) is 0 Å². The molecule has 0 spiro atoms. The Morgan fingerprint density at radius 1 is 0.778 bits per heavy atom. The number of sulfone groups is 1. The number of para-hydroxylation sites is 1. The number of hydrogen-bond donors (Lipinski definition) is 2. The van der Waals surface area contributed by atoms with Crippen molar-refractivity contribution in [2.24, 2.45) is 0 Å². The van der Waals surface area contributed by atoms with E-state index in [2.05, 4.69) is 34.1 Å². The second-order valence-electron chi connectivity index (χ2n) is 9.68. The quantitative estimate of drug-likeness (QED) is 0.509. The summed E-state index contributed by atoms with van der Waals surface area (Å²) in [5, 5.41) is 21.3. The second-order valence-corrected chi connectivity index (χ2v) is 11.7. The van der Waals surface area contributed by atoms with E-state index in [9.17, 15) is 18.6 Å². The first-order valence-corrected chi connectivity index (χ1v) is 14.3. The van der Waals surface area contributed by atoms with Crippen LogP contribution >= 0.6 is 0 Å². The first-order chi connectivity index (χ1) is 17.3. The van der Waals surface area contributed by atoms with E-state index in [-0.39, 0.29) is 0 Å². The summed E-state index contributed by atoms with van der Waals surface area (Å²) >= 11 is 0. The van der Waals surface area contributed by atoms with E-state index < -0.39 is 22.3 Å². The Balaban J connectivity index is 1.13. The molecule has 3 aromatic rings. The van der Waals surface area contributed by atoms with Gasteiger partial charge in [0.1, 0.15) is 12.5 Å². The van der Waals surface area contributed by atoms with Crippen molar-refractivity contribution in [1.29, 1.82) is 0 Å². The number of aliphatic hydroxyl groups is 2. The molecule has 36 heavy (non-hydrogen) atoms. The average Bonchev–Trinajstić information content (AvgIpc) is 3.13. The van der Waals surface area contributed by atoms with Gasteiger partial charge in [0.25, 0.3) is 0 Å². The molecule has 0 amide bonds. The predicted octanol–water partition coefficient (Wildman–Crippen LogP) is 2.95. The molecule has 0 radical (unpaired) electrons. The summed E-state index contributed by atoms with van der Waals surface area (Å²) < 4.78 is 24.3. The van der Waals surface area contributed by atoms with E-state index in [4.69, 9.17) is 0 Å². The maximum atomic E-state index is 12.2. The highest BCUT2D eigenvalue weighted by Crippen LogP contribution is 2.39. The van der Waals surface area contributed by atoms with Gasteiger partial charge in [-0.05, 0) is 29.7 Å². The number of piperazine rings is 1. The van der Waals surface area contributed by atoms with Gasteiger partial charge in [-0.25, -0.2) is 13.3 Å². The lowest BCUT2D eigenvalue weighted by atomic mass is 10.1. The molecule has 190 valence electrons. The van der Waals surface area contributed by atoms with Gasteiger partial charge < -0.3 is 15.1 Å². The van der Waals surface area contributed by atoms with Crippen molar-refractivity contribution >= 4 is 15.5 Å². The molecule has 2 aliphatic rings. The van der Waals surface area contributed by atoms with Crippen molar-refractivity contribution in [3.63, 3.8) is 0 Å². The van der Waals surface area contributed by atoms with Crippen LogP contribution in [0.5, 0.6) is 0 Å². The van der Waals surface area contributed by atoms with Crippen LogP contribution in [0.1, 0.15) is 34.7 Å². The molecule has 0 bridgehead atoms. The fourth-order valence-electron chi connectivity index (χ4n) is 5.20. The number of nitrogens with zero attached hydrogens (tertiary/aromatic N) is 3. The average molecular weight is 508 g/mol. The van der Waals surface area contributed by atoms with E-state index >= 15 is 0 Å². The summed E-state index contributed by atoms with van der Waals surface area (Å²) in [5.74, 6) is 0. The summed E-state index contributed by atoms with van der Waals surface area (Å²) in [7, 11) is -3.26. The third-order valence-electron chi connectivity index (χ3n) is 7.26. The van der Waals surface area contributed by atoms with Crippen LogP contribution in [0.4, 0.5) is 5.69 Å². The summed E-state index contributed by atoms with van der Waals surface area (Å²) in [6, 6.07) is 23.1. The second kappa shape index (κ2) is 10.3. The fraction of sp³-hybridized carbons (Fsp3) is 0.357. The van der Waals surface area contributed by atoms with Gasteiger partial charge in [0.05, 0.1) is 10.6 Å². The minimum atomic E-state index is -3.26. The Morgan fingerprint density at radius 2 is 1.33 bits per heavy atom. The lowest BCUT2D eigenvalue weighted by molar-refractivity contribution is -0.0902. The van der Waals surface area contributed by atoms with Crippen LogP contribution in [0.2, 0.25) is 0 Å². The van der Waals surface area contributed by atoms with Gasteiger partial charge in [0.2, 0.25) is 0 Å². The molecule has 7 nitrogen and oxygen atoms in total. The molecular weight excluding hydrogens is 474 g/mol. The first-order valence-electron chi connectivity index (χ1n) is 12.4. The highest BCUT2D eigenvalue weighted by atomic mass is 32.2. The predicted molar refractivity (Wildman–Crippen MR) is 140 cm³/mol. The van der Waals surface area contributed by atoms with Crippen LogP contribution in [-0.2, 0) is 22.8 Å². The Morgan fingerprint density at radius 3 is 1.94 bits per heavy atom. The molecular formula is C28H33N3O4S. The van der Waals surface area contributed by atoms with E-state index in [1.54, 1.807) is 17.0 Å². The zero-order valence-electron chi connectivity index (χ0n) is 20.5. The van der Waals surface area contributed by atoms with E-state index in [1.807, 2.05) is 36.4 Å². The van der Waals surface area contributed by atoms with Crippen molar-refractivity contribution in [3.05, 3.63) is 95.1 Å². The lowest BCUT2D eigenvalue weighted by Crippen LogP contribution is -2.47. The summed E-state index contributed by atoms with van der Waals surface area (Å²) in [6.45, 7) is 4.79. The number of benzene rings is 3. The zero-order valence-corrected chi connectivity index (χ0v) is 21.3. The van der Waals surface area contributed by atoms with Crippen LogP contribution in [0.3, 0.4) is 0 Å². The van der Waals surface area contributed by atoms with Gasteiger partial charge in [-0.1, -0.05) is 60.7 Å². The van der Waals surface area contributed by atoms with Crippen LogP contribution < -0.4 is 4.90 Å². The SMILES string of the molecule is CS(=O)(=O)c1ccccc1N1CCN(CCc2ccc(CN3C(O)c4ccccc4C3O)cc2)CC1. The van der Waals surface area contributed by atoms with Gasteiger partial charge in [0, 0.05) is 56.7 Å². The summed E-state index contributed by atoms with van der Waals surface area (Å²) in [4.78, 5) is 6.68. The van der Waals surface area contributed by atoms with Crippen LogP contribution in [0.15, 0.2) is 77.7 Å². The zero-order chi connectivity index (χ0) is 25.3. The Hall–Kier alpha value is -2.75. The molecule has 8 heteroatoms. The molecule has 2 heterocycles. The number of anilines is 1. The third-order valence-corrected chi connectivity index (χ3v) is 8.41. The monoisotopic (exact) mass is 507 g/mol. The van der Waals surface area contributed by atoms with Crippen molar-refractivity contribution in [2.75, 3.05) is 43.9 Å². The molecule has 1 fully saturated rings. The fourth-order valence-corrected chi connectivity index (χ4v) is 6.10. The molecule has 0 aliphatic carbocycles. The van der Waals surface area contributed by atoms with Gasteiger partial charge in [0.15, 0.2) is 9.84 Å². The van der Waals surface area contributed by atoms with Crippen LogP contribution in [0.25, 0.3) is 0 Å². The highest BCUT2D eigenvalue weighted by Gasteiger charge is 2.35. The van der Waals surface area contributed by atoms with Gasteiger partial charge in [-0.2, -0.15) is 0 Å². The smallest absolute Gasteiger partial charge is 0.177 e. The van der Waals surface area contributed by atoms with Gasteiger partial charge in [-0.15, -0.1) is 0 Å². The van der Waals surface area contributed by atoms with Crippen LogP contribution in [-0.4, -0.2) is 67.4 Å². The first kappa shape index (κ1) is 24.9. The lowest BCUT2D eigenvalue weighted by Gasteiger charge is -2.36. The molecule has 2 unspecified atom stereocenters. The van der Waals surface area contributed by atoms with E-state index in [0.29, 0.717) is 11.4 Å². The highest BCUT2D eigenvalue weighted by molar-refractivity contribution is 7.90. The number of hydrogen-bond acceptors (Lipinski definition) is 7. The van der Waals surface area contributed by atoms with Crippen molar-refractivity contribution < 1.29 is 18.6 Å². The minimum Gasteiger partial charge on any atom is -0.374 e. The number of rotatable bonds is 7. The molecule has 2 atom stereocenters. The standard InChI is InChI=1S/C28H33N3O4S/c1-36(34,35)26-9-5-4-8-25(26)30-18-16-29(17-19-30)15-14-21-10-12-22(13-11-21)20-31-27(32)23-6-2-3-7-24(23)28(31)33/h2-13,27-28,32-33H,14-20H2,1H3. The van der Waals surface area contributed by atoms with Crippen molar-refractivity contribution in [1.82, 2.24) is 9.80 Å². The Kier molecular flexibility index (Phi) is 7.14. The van der Waals surface area contributed by atoms with Crippen LogP contribution in [0, 0.1) is 0 Å². The van der Waals surface area contributed by atoms with E-state index in [1.165, 1.54) is 11.8 Å². The topological polar surface area (TPSA) is 84.3 Å². The molecule has 0 saturated carbocycles. The molecule has 1 saturated heterocycles. The number of aliphatic hydroxyl groups excluding tert-OH is 2. The molecule has 0 aromatic heterocycles. The minimum absolute atomic E-state index is 0.399. The third kappa shape index (κ3) is 5.19. The maximum Gasteiger partial charge on any atom is 0.177 e. The van der Waals surface area contributed by atoms with E-state index in [0.717, 1.165) is 61.5 Å². The molecule has 5 rings (SSSR count). The Labute approximate surface area is 213 Å². The van der Waals surface area contributed by atoms with Crippen molar-refractivity contribution in [2.45, 2.75) is 30.3 Å². The van der Waals surface area contributed by atoms with Gasteiger partial charge in [-0.3, -0.25) is 4.90 Å².